The Bertz CT molecular complexity index is 932. The molecule has 122 valence electrons. The number of hydrogen-bond acceptors (Lipinski definition) is 4. The average Bonchev–Trinajstić information content (AvgIpc) is 2.96. The molecule has 0 saturated carbocycles. The van der Waals surface area contributed by atoms with Gasteiger partial charge in [-0.05, 0) is 36.8 Å². The van der Waals surface area contributed by atoms with Gasteiger partial charge < -0.3 is 4.57 Å². The van der Waals surface area contributed by atoms with Crippen molar-refractivity contribution in [3.8, 4) is 0 Å². The molecule has 0 atom stereocenters. The zero-order valence-corrected chi connectivity index (χ0v) is 13.6. The number of hydrogen-bond donors (Lipinski definition) is 1. The van der Waals surface area contributed by atoms with Crippen molar-refractivity contribution < 1.29 is 9.18 Å². The molecule has 2 aromatic heterocycles. The van der Waals surface area contributed by atoms with Gasteiger partial charge >= 0.3 is 0 Å². The molecule has 1 aromatic carbocycles. The van der Waals surface area contributed by atoms with Crippen molar-refractivity contribution in [2.24, 2.45) is 0 Å². The molecule has 0 unspecified atom stereocenters. The molecular formula is C17H14FN3O2S. The van der Waals surface area contributed by atoms with E-state index in [2.05, 4.69) is 10.3 Å². The van der Waals surface area contributed by atoms with Crippen LogP contribution in [0.4, 0.5) is 9.52 Å². The standard InChI is InChI=1S/C17H14FN3O2S/c1-11-10-24-17(19-11)20-15(22)14-3-2-8-21(16(14)23)9-12-4-6-13(18)7-5-12/h2-8,10H,9H2,1H3,(H,19,20,22). The molecule has 24 heavy (non-hydrogen) atoms. The van der Waals surface area contributed by atoms with E-state index < -0.39 is 11.5 Å². The van der Waals surface area contributed by atoms with E-state index >= 15 is 0 Å². The molecular weight excluding hydrogens is 329 g/mol. The summed E-state index contributed by atoms with van der Waals surface area (Å²) in [4.78, 5) is 28.9. The van der Waals surface area contributed by atoms with Crippen LogP contribution in [0, 0.1) is 12.7 Å². The van der Waals surface area contributed by atoms with Crippen LogP contribution in [-0.4, -0.2) is 15.5 Å². The van der Waals surface area contributed by atoms with Gasteiger partial charge in [-0.25, -0.2) is 9.37 Å². The second-order valence-corrected chi connectivity index (χ2v) is 6.09. The van der Waals surface area contributed by atoms with E-state index in [1.54, 1.807) is 24.4 Å². The normalized spacial score (nSPS) is 10.6. The molecule has 0 fully saturated rings. The molecule has 1 amide bonds. The first-order valence-corrected chi connectivity index (χ1v) is 8.08. The lowest BCUT2D eigenvalue weighted by molar-refractivity contribution is 0.102. The number of aryl methyl sites for hydroxylation is 1. The van der Waals surface area contributed by atoms with Crippen LogP contribution >= 0.6 is 11.3 Å². The van der Waals surface area contributed by atoms with E-state index in [-0.39, 0.29) is 17.9 Å². The van der Waals surface area contributed by atoms with E-state index in [0.717, 1.165) is 11.3 Å². The van der Waals surface area contributed by atoms with Crippen molar-refractivity contribution in [1.29, 1.82) is 0 Å². The van der Waals surface area contributed by atoms with E-state index in [1.165, 1.54) is 34.1 Å². The average molecular weight is 343 g/mol. The highest BCUT2D eigenvalue weighted by Gasteiger charge is 2.14. The Morgan fingerprint density at radius 2 is 2.04 bits per heavy atom. The van der Waals surface area contributed by atoms with Crippen LogP contribution in [0.5, 0.6) is 0 Å². The van der Waals surface area contributed by atoms with Gasteiger partial charge in [-0.1, -0.05) is 12.1 Å². The molecule has 0 aliphatic carbocycles. The van der Waals surface area contributed by atoms with Gasteiger partial charge in [0.1, 0.15) is 11.4 Å². The van der Waals surface area contributed by atoms with E-state index in [0.29, 0.717) is 5.13 Å². The number of anilines is 1. The van der Waals surface area contributed by atoms with Gasteiger partial charge in [-0.15, -0.1) is 11.3 Å². The molecule has 1 N–H and O–H groups in total. The van der Waals surface area contributed by atoms with Gasteiger partial charge in [0.05, 0.1) is 12.2 Å². The Balaban J connectivity index is 1.83. The third-order valence-corrected chi connectivity index (χ3v) is 4.25. The number of aromatic nitrogens is 2. The maximum Gasteiger partial charge on any atom is 0.263 e. The lowest BCUT2D eigenvalue weighted by Gasteiger charge is -2.08. The fourth-order valence-corrected chi connectivity index (χ4v) is 2.88. The number of halogens is 1. The highest BCUT2D eigenvalue weighted by Crippen LogP contribution is 2.15. The summed E-state index contributed by atoms with van der Waals surface area (Å²) in [7, 11) is 0. The minimum Gasteiger partial charge on any atom is -0.310 e. The fourth-order valence-electron chi connectivity index (χ4n) is 2.20. The van der Waals surface area contributed by atoms with Gasteiger partial charge in [-0.2, -0.15) is 0 Å². The molecule has 7 heteroatoms. The topological polar surface area (TPSA) is 64.0 Å². The summed E-state index contributed by atoms with van der Waals surface area (Å²) in [6.07, 6.45) is 1.59. The molecule has 3 rings (SSSR count). The molecule has 2 heterocycles. The number of nitrogens with zero attached hydrogens (tertiary/aromatic N) is 2. The Hall–Kier alpha value is -2.80. The lowest BCUT2D eigenvalue weighted by atomic mass is 10.2. The minimum absolute atomic E-state index is 0.0347. The number of pyridine rings is 1. The minimum atomic E-state index is -0.497. The zero-order chi connectivity index (χ0) is 17.1. The molecule has 3 aromatic rings. The molecule has 0 bridgehead atoms. The van der Waals surface area contributed by atoms with Crippen LogP contribution in [0.1, 0.15) is 21.6 Å². The fraction of sp³-hybridized carbons (Fsp3) is 0.118. The van der Waals surface area contributed by atoms with Crippen LogP contribution in [0.2, 0.25) is 0 Å². The monoisotopic (exact) mass is 343 g/mol. The SMILES string of the molecule is Cc1csc(NC(=O)c2cccn(Cc3ccc(F)cc3)c2=O)n1. The van der Waals surface area contributed by atoms with E-state index in [4.69, 9.17) is 0 Å². The summed E-state index contributed by atoms with van der Waals surface area (Å²) in [6, 6.07) is 8.98. The number of rotatable bonds is 4. The van der Waals surface area contributed by atoms with Crippen molar-refractivity contribution in [3.05, 3.63) is 81.0 Å². The summed E-state index contributed by atoms with van der Waals surface area (Å²) in [5, 5.41) is 4.89. The number of carbonyl (C=O) groups is 1. The van der Waals surface area contributed by atoms with Crippen molar-refractivity contribution in [2.75, 3.05) is 5.32 Å². The van der Waals surface area contributed by atoms with Crippen molar-refractivity contribution in [2.45, 2.75) is 13.5 Å². The molecule has 0 radical (unpaired) electrons. The Morgan fingerprint density at radius 3 is 2.71 bits per heavy atom. The maximum absolute atomic E-state index is 13.0. The highest BCUT2D eigenvalue weighted by atomic mass is 32.1. The third-order valence-electron chi connectivity index (χ3n) is 3.37. The van der Waals surface area contributed by atoms with Gasteiger partial charge in [0.25, 0.3) is 11.5 Å². The zero-order valence-electron chi connectivity index (χ0n) is 12.8. The molecule has 0 aliphatic rings. The number of nitrogens with one attached hydrogen (secondary N) is 1. The second kappa shape index (κ2) is 6.76. The largest absolute Gasteiger partial charge is 0.310 e. The predicted molar refractivity (Wildman–Crippen MR) is 91.0 cm³/mol. The summed E-state index contributed by atoms with van der Waals surface area (Å²) in [6.45, 7) is 2.08. The van der Waals surface area contributed by atoms with Crippen LogP contribution < -0.4 is 10.9 Å². The summed E-state index contributed by atoms with van der Waals surface area (Å²) < 4.78 is 14.4. The molecule has 0 spiro atoms. The van der Waals surface area contributed by atoms with E-state index in [9.17, 15) is 14.0 Å². The van der Waals surface area contributed by atoms with Crippen molar-refractivity contribution in [1.82, 2.24) is 9.55 Å². The third kappa shape index (κ3) is 3.57. The quantitative estimate of drug-likeness (QED) is 0.792. The van der Waals surface area contributed by atoms with Gasteiger partial charge in [0.2, 0.25) is 0 Å². The summed E-state index contributed by atoms with van der Waals surface area (Å²) in [5.41, 5.74) is 1.20. The first-order chi connectivity index (χ1) is 11.5. The predicted octanol–water partition coefficient (Wildman–Crippen LogP) is 3.05. The second-order valence-electron chi connectivity index (χ2n) is 5.23. The maximum atomic E-state index is 13.0. The summed E-state index contributed by atoms with van der Waals surface area (Å²) >= 11 is 1.30. The first kappa shape index (κ1) is 16.1. The number of benzene rings is 1. The first-order valence-electron chi connectivity index (χ1n) is 7.20. The molecule has 0 aliphatic heterocycles. The number of thiazole rings is 1. The Morgan fingerprint density at radius 1 is 1.29 bits per heavy atom. The van der Waals surface area contributed by atoms with Crippen LogP contribution in [-0.2, 0) is 6.54 Å². The van der Waals surface area contributed by atoms with Crippen LogP contribution in [0.25, 0.3) is 0 Å². The van der Waals surface area contributed by atoms with Crippen molar-refractivity contribution >= 4 is 22.4 Å². The number of amides is 1. The Kier molecular flexibility index (Phi) is 4.52. The molecule has 0 saturated heterocycles. The lowest BCUT2D eigenvalue weighted by Crippen LogP contribution is -2.29. The smallest absolute Gasteiger partial charge is 0.263 e. The van der Waals surface area contributed by atoms with Gasteiger partial charge in [0, 0.05) is 11.6 Å². The highest BCUT2D eigenvalue weighted by molar-refractivity contribution is 7.13. The van der Waals surface area contributed by atoms with Crippen LogP contribution in [0.3, 0.4) is 0 Å². The summed E-state index contributed by atoms with van der Waals surface area (Å²) in [5.74, 6) is -0.833. The van der Waals surface area contributed by atoms with E-state index in [1.807, 2.05) is 12.3 Å². The van der Waals surface area contributed by atoms with Crippen molar-refractivity contribution in [3.63, 3.8) is 0 Å². The molecule has 5 nitrogen and oxygen atoms in total. The number of carbonyl (C=O) groups excluding carboxylic acids is 1. The van der Waals surface area contributed by atoms with Crippen LogP contribution in [0.15, 0.2) is 52.8 Å². The Labute approximate surface area is 141 Å². The van der Waals surface area contributed by atoms with Gasteiger partial charge in [-0.3, -0.25) is 14.9 Å². The van der Waals surface area contributed by atoms with Gasteiger partial charge in [0.15, 0.2) is 5.13 Å².